The fraction of sp³-hybridized carbons (Fsp3) is 0.333. The maximum absolute atomic E-state index is 5.97. The Morgan fingerprint density at radius 3 is 2.86 bits per heavy atom. The topological polar surface area (TPSA) is 105 Å². The van der Waals surface area contributed by atoms with Crippen molar-refractivity contribution in [1.29, 1.82) is 0 Å². The van der Waals surface area contributed by atoms with Crippen molar-refractivity contribution in [3.8, 4) is 11.3 Å². The van der Waals surface area contributed by atoms with E-state index in [1.165, 1.54) is 0 Å². The van der Waals surface area contributed by atoms with Gasteiger partial charge in [-0.05, 0) is 26.8 Å². The monoisotopic (exact) mass is 297 g/mol. The van der Waals surface area contributed by atoms with Gasteiger partial charge in [0.25, 0.3) is 0 Å². The first kappa shape index (κ1) is 14.4. The number of aromatic nitrogens is 5. The molecule has 0 atom stereocenters. The van der Waals surface area contributed by atoms with E-state index in [0.29, 0.717) is 18.0 Å². The summed E-state index contributed by atoms with van der Waals surface area (Å²) in [5.74, 6) is 0.694. The lowest BCUT2D eigenvalue weighted by Gasteiger charge is -2.19. The van der Waals surface area contributed by atoms with Crippen LogP contribution in [-0.4, -0.2) is 37.2 Å². The van der Waals surface area contributed by atoms with E-state index < -0.39 is 0 Å². The molecule has 3 rings (SSSR count). The Morgan fingerprint density at radius 1 is 1.27 bits per heavy atom. The van der Waals surface area contributed by atoms with Crippen LogP contribution in [0.1, 0.15) is 19.5 Å². The van der Waals surface area contributed by atoms with Gasteiger partial charge < -0.3 is 11.1 Å². The zero-order valence-electron chi connectivity index (χ0n) is 12.9. The first-order valence-corrected chi connectivity index (χ1v) is 7.08. The number of nitrogens with zero attached hydrogens (tertiary/aromatic N) is 4. The van der Waals surface area contributed by atoms with E-state index in [-0.39, 0.29) is 5.54 Å². The minimum absolute atomic E-state index is 0.313. The van der Waals surface area contributed by atoms with Crippen molar-refractivity contribution in [3.63, 3.8) is 0 Å². The second kappa shape index (κ2) is 5.34. The Kier molecular flexibility index (Phi) is 3.50. The highest BCUT2D eigenvalue weighted by atomic mass is 15.1. The van der Waals surface area contributed by atoms with E-state index in [1.807, 2.05) is 26.8 Å². The average Bonchev–Trinajstić information content (AvgIpc) is 2.86. The fourth-order valence-electron chi connectivity index (χ4n) is 2.07. The fourth-order valence-corrected chi connectivity index (χ4v) is 2.07. The third kappa shape index (κ3) is 3.04. The van der Waals surface area contributed by atoms with Crippen LogP contribution in [0.3, 0.4) is 0 Å². The third-order valence-electron chi connectivity index (χ3n) is 3.26. The van der Waals surface area contributed by atoms with Crippen molar-refractivity contribution in [1.82, 2.24) is 25.1 Å². The number of aromatic amines is 1. The van der Waals surface area contributed by atoms with Gasteiger partial charge in [-0.3, -0.25) is 10.1 Å². The molecule has 0 amide bonds. The lowest BCUT2D eigenvalue weighted by Crippen LogP contribution is -2.39. The van der Waals surface area contributed by atoms with Gasteiger partial charge in [0, 0.05) is 34.9 Å². The van der Waals surface area contributed by atoms with E-state index in [9.17, 15) is 0 Å². The molecule has 0 saturated carbocycles. The number of fused-ring (bicyclic) bond motifs is 1. The standard InChI is InChI=1S/C15H19N7/c1-9-11-4-10(5-18-14(11)22-21-9)12-6-17-7-13(20-12)19-8-15(2,3)16/h4-7H,8,16H2,1-3H3,(H,19,20)(H,18,21,22). The van der Waals surface area contributed by atoms with Gasteiger partial charge in [-0.1, -0.05) is 0 Å². The lowest BCUT2D eigenvalue weighted by molar-refractivity contribution is 0.548. The summed E-state index contributed by atoms with van der Waals surface area (Å²) in [4.78, 5) is 13.1. The summed E-state index contributed by atoms with van der Waals surface area (Å²) in [5.41, 5.74) is 9.00. The largest absolute Gasteiger partial charge is 0.367 e. The summed E-state index contributed by atoms with van der Waals surface area (Å²) in [6, 6.07) is 2.02. The molecule has 0 unspecified atom stereocenters. The molecule has 0 spiro atoms. The van der Waals surface area contributed by atoms with Gasteiger partial charge in [-0.15, -0.1) is 0 Å². The summed E-state index contributed by atoms with van der Waals surface area (Å²) in [7, 11) is 0. The number of nitrogens with two attached hydrogens (primary N) is 1. The molecule has 0 bridgehead atoms. The van der Waals surface area contributed by atoms with Crippen molar-refractivity contribution in [2.24, 2.45) is 5.73 Å². The molecule has 3 aromatic heterocycles. The van der Waals surface area contributed by atoms with E-state index >= 15 is 0 Å². The van der Waals surface area contributed by atoms with E-state index in [1.54, 1.807) is 18.6 Å². The van der Waals surface area contributed by atoms with Crippen LogP contribution in [0, 0.1) is 6.92 Å². The zero-order chi connectivity index (χ0) is 15.7. The Bertz CT molecular complexity index is 801. The molecule has 7 nitrogen and oxygen atoms in total. The number of nitrogens with one attached hydrogen (secondary N) is 2. The number of H-pyrrole nitrogens is 1. The quantitative estimate of drug-likeness (QED) is 0.679. The molecule has 0 saturated heterocycles. The molecule has 3 heterocycles. The van der Waals surface area contributed by atoms with Gasteiger partial charge in [-0.2, -0.15) is 5.10 Å². The van der Waals surface area contributed by atoms with Gasteiger partial charge >= 0.3 is 0 Å². The van der Waals surface area contributed by atoms with Crippen LogP contribution >= 0.6 is 0 Å². The highest BCUT2D eigenvalue weighted by molar-refractivity contribution is 5.82. The maximum atomic E-state index is 5.97. The second-order valence-electron chi connectivity index (χ2n) is 6.08. The molecule has 0 aliphatic rings. The van der Waals surface area contributed by atoms with Gasteiger partial charge in [0.1, 0.15) is 5.82 Å². The molecule has 114 valence electrons. The third-order valence-corrected chi connectivity index (χ3v) is 3.26. The Hall–Kier alpha value is -2.54. The second-order valence-corrected chi connectivity index (χ2v) is 6.08. The molecule has 4 N–H and O–H groups in total. The number of pyridine rings is 1. The van der Waals surface area contributed by atoms with E-state index in [0.717, 1.165) is 22.3 Å². The normalized spacial score (nSPS) is 11.8. The Balaban J connectivity index is 1.91. The van der Waals surface area contributed by atoms with Crippen molar-refractivity contribution < 1.29 is 0 Å². The highest BCUT2D eigenvalue weighted by Gasteiger charge is 2.11. The number of hydrogen-bond donors (Lipinski definition) is 3. The molecule has 0 fully saturated rings. The zero-order valence-corrected chi connectivity index (χ0v) is 12.9. The summed E-state index contributed by atoms with van der Waals surface area (Å²) in [6.45, 7) is 6.49. The van der Waals surface area contributed by atoms with Crippen LogP contribution < -0.4 is 11.1 Å². The maximum Gasteiger partial charge on any atom is 0.181 e. The molecular formula is C15H19N7. The molecule has 3 aromatic rings. The minimum atomic E-state index is -0.313. The van der Waals surface area contributed by atoms with Crippen LogP contribution in [0.25, 0.3) is 22.3 Å². The number of hydrogen-bond acceptors (Lipinski definition) is 6. The predicted octanol–water partition coefficient (Wildman–Crippen LogP) is 1.87. The van der Waals surface area contributed by atoms with Crippen molar-refractivity contribution in [3.05, 3.63) is 30.4 Å². The summed E-state index contributed by atoms with van der Waals surface area (Å²) in [5, 5.41) is 11.2. The van der Waals surface area contributed by atoms with Gasteiger partial charge in [0.15, 0.2) is 5.65 Å². The van der Waals surface area contributed by atoms with Crippen LogP contribution in [0.5, 0.6) is 0 Å². The predicted molar refractivity (Wildman–Crippen MR) is 86.4 cm³/mol. The number of rotatable bonds is 4. The van der Waals surface area contributed by atoms with Crippen molar-refractivity contribution in [2.45, 2.75) is 26.3 Å². The molecule has 0 aliphatic heterocycles. The van der Waals surface area contributed by atoms with E-state index in [4.69, 9.17) is 5.73 Å². The van der Waals surface area contributed by atoms with Crippen LogP contribution in [0.4, 0.5) is 5.82 Å². The molecule has 0 aliphatic carbocycles. The SMILES string of the molecule is Cc1[nH]nc2ncc(-c3cncc(NCC(C)(C)N)n3)cc12. The first-order chi connectivity index (χ1) is 10.4. The molecular weight excluding hydrogens is 278 g/mol. The van der Waals surface area contributed by atoms with Crippen LogP contribution in [0.15, 0.2) is 24.7 Å². The molecule has 0 radical (unpaired) electrons. The van der Waals surface area contributed by atoms with Gasteiger partial charge in [-0.25, -0.2) is 9.97 Å². The smallest absolute Gasteiger partial charge is 0.181 e. The van der Waals surface area contributed by atoms with Gasteiger partial charge in [0.05, 0.1) is 18.1 Å². The highest BCUT2D eigenvalue weighted by Crippen LogP contribution is 2.22. The first-order valence-electron chi connectivity index (χ1n) is 7.08. The van der Waals surface area contributed by atoms with Crippen LogP contribution in [0.2, 0.25) is 0 Å². The van der Waals surface area contributed by atoms with Gasteiger partial charge in [0.2, 0.25) is 0 Å². The Morgan fingerprint density at radius 2 is 2.09 bits per heavy atom. The average molecular weight is 297 g/mol. The van der Waals surface area contributed by atoms with Crippen LogP contribution in [-0.2, 0) is 0 Å². The Labute approximate surface area is 128 Å². The number of aryl methyl sites for hydroxylation is 1. The van der Waals surface area contributed by atoms with E-state index in [2.05, 4.69) is 30.5 Å². The molecule has 22 heavy (non-hydrogen) atoms. The van der Waals surface area contributed by atoms with Crippen molar-refractivity contribution in [2.75, 3.05) is 11.9 Å². The summed E-state index contributed by atoms with van der Waals surface area (Å²) < 4.78 is 0. The molecule has 7 heteroatoms. The van der Waals surface area contributed by atoms with Crippen molar-refractivity contribution >= 4 is 16.9 Å². The summed E-state index contributed by atoms with van der Waals surface area (Å²) in [6.07, 6.45) is 5.16. The lowest BCUT2D eigenvalue weighted by atomic mass is 10.1. The molecule has 0 aromatic carbocycles. The number of anilines is 1. The minimum Gasteiger partial charge on any atom is -0.367 e. The summed E-state index contributed by atoms with van der Waals surface area (Å²) >= 11 is 0.